The molecular weight excluding hydrogens is 392 g/mol. The van der Waals surface area contributed by atoms with E-state index in [1.807, 2.05) is 0 Å². The molecule has 0 saturated heterocycles. The summed E-state index contributed by atoms with van der Waals surface area (Å²) >= 11 is 5.72. The zero-order chi connectivity index (χ0) is 20.5. The Morgan fingerprint density at radius 2 is 1.79 bits per heavy atom. The van der Waals surface area contributed by atoms with Gasteiger partial charge in [0.25, 0.3) is 11.8 Å². The van der Waals surface area contributed by atoms with Gasteiger partial charge in [-0.25, -0.2) is 0 Å². The Kier molecular flexibility index (Phi) is 7.52. The monoisotopic (exact) mass is 408 g/mol. The van der Waals surface area contributed by atoms with Gasteiger partial charge in [0.05, 0.1) is 6.42 Å². The van der Waals surface area contributed by atoms with Crippen LogP contribution in [0.1, 0.15) is 29.0 Å². The smallest absolute Gasteiger partial charge is 0.306 e. The van der Waals surface area contributed by atoms with E-state index in [9.17, 15) is 19.2 Å². The number of aromatic nitrogens is 1. The van der Waals surface area contributed by atoms with Crippen molar-refractivity contribution < 1.29 is 28.4 Å². The topological polar surface area (TPSA) is 140 Å². The second-order valence-electron chi connectivity index (χ2n) is 5.54. The third-order valence-electron chi connectivity index (χ3n) is 3.24. The molecule has 0 aliphatic rings. The van der Waals surface area contributed by atoms with Crippen molar-refractivity contribution in [3.8, 4) is 0 Å². The largest absolute Gasteiger partial charge is 0.456 e. The Morgan fingerprint density at radius 3 is 2.43 bits per heavy atom. The first-order valence-electron chi connectivity index (χ1n) is 8.07. The molecule has 3 N–H and O–H groups in total. The molecule has 1 heterocycles. The molecule has 10 nitrogen and oxygen atoms in total. The number of hydrogen-bond donors (Lipinski definition) is 3. The molecule has 2 rings (SSSR count). The van der Waals surface area contributed by atoms with Crippen LogP contribution in [-0.2, 0) is 19.1 Å². The van der Waals surface area contributed by atoms with Crippen LogP contribution in [0.25, 0.3) is 0 Å². The fraction of sp³-hybridized carbons (Fsp3) is 0.235. The van der Waals surface area contributed by atoms with Crippen LogP contribution in [0.5, 0.6) is 0 Å². The number of anilines is 1. The van der Waals surface area contributed by atoms with Crippen molar-refractivity contribution in [2.75, 3.05) is 11.9 Å². The van der Waals surface area contributed by atoms with Crippen molar-refractivity contribution in [2.45, 2.75) is 19.8 Å². The summed E-state index contributed by atoms with van der Waals surface area (Å²) in [6.07, 6.45) is -0.497. The molecule has 0 spiro atoms. The lowest BCUT2D eigenvalue weighted by molar-refractivity contribution is -0.148. The Labute approximate surface area is 164 Å². The molecule has 11 heteroatoms. The summed E-state index contributed by atoms with van der Waals surface area (Å²) in [5, 5.41) is 6.42. The molecule has 0 radical (unpaired) electrons. The molecule has 0 saturated carbocycles. The van der Waals surface area contributed by atoms with E-state index in [4.69, 9.17) is 20.9 Å². The molecule has 148 valence electrons. The van der Waals surface area contributed by atoms with Crippen LogP contribution in [0, 0.1) is 6.92 Å². The number of hydrazine groups is 1. The van der Waals surface area contributed by atoms with Crippen molar-refractivity contribution in [3.05, 3.63) is 46.7 Å². The van der Waals surface area contributed by atoms with Gasteiger partial charge >= 0.3 is 5.97 Å². The van der Waals surface area contributed by atoms with E-state index < -0.39 is 30.3 Å². The molecular formula is C17H17ClN4O6. The Hall–Kier alpha value is -3.40. The van der Waals surface area contributed by atoms with Gasteiger partial charge in [0, 0.05) is 23.1 Å². The minimum Gasteiger partial charge on any atom is -0.456 e. The number of ether oxygens (including phenoxy) is 1. The number of nitrogens with zero attached hydrogens (tertiary/aromatic N) is 1. The number of nitrogens with one attached hydrogen (secondary N) is 3. The molecule has 0 atom stereocenters. The second kappa shape index (κ2) is 10.1. The van der Waals surface area contributed by atoms with Crippen molar-refractivity contribution in [2.24, 2.45) is 0 Å². The first-order valence-corrected chi connectivity index (χ1v) is 8.45. The van der Waals surface area contributed by atoms with Gasteiger partial charge in [0.15, 0.2) is 12.4 Å². The van der Waals surface area contributed by atoms with Crippen molar-refractivity contribution in [1.29, 1.82) is 0 Å². The SMILES string of the molecule is Cc1cc(NC(=O)COC(=O)CCC(=O)NNC(=O)c2ccc(Cl)cc2)no1. The van der Waals surface area contributed by atoms with Crippen LogP contribution in [0.15, 0.2) is 34.9 Å². The zero-order valence-electron chi connectivity index (χ0n) is 14.8. The third kappa shape index (κ3) is 7.08. The summed E-state index contributed by atoms with van der Waals surface area (Å²) in [5.41, 5.74) is 4.68. The van der Waals surface area contributed by atoms with Gasteiger partial charge in [0.2, 0.25) is 5.91 Å². The molecule has 28 heavy (non-hydrogen) atoms. The molecule has 0 aliphatic heterocycles. The highest BCUT2D eigenvalue weighted by Gasteiger charge is 2.13. The lowest BCUT2D eigenvalue weighted by Gasteiger charge is -2.08. The van der Waals surface area contributed by atoms with Crippen LogP contribution in [0.3, 0.4) is 0 Å². The van der Waals surface area contributed by atoms with Crippen molar-refractivity contribution >= 4 is 41.1 Å². The summed E-state index contributed by atoms with van der Waals surface area (Å²) in [6.45, 7) is 1.13. The number of hydrogen-bond acceptors (Lipinski definition) is 7. The Bertz CT molecular complexity index is 865. The number of benzene rings is 1. The molecule has 0 bridgehead atoms. The van der Waals surface area contributed by atoms with E-state index in [0.29, 0.717) is 16.3 Å². The zero-order valence-corrected chi connectivity index (χ0v) is 15.5. The van der Waals surface area contributed by atoms with E-state index in [-0.39, 0.29) is 18.7 Å². The Morgan fingerprint density at radius 1 is 1.07 bits per heavy atom. The van der Waals surface area contributed by atoms with Crippen LogP contribution in [0.4, 0.5) is 5.82 Å². The van der Waals surface area contributed by atoms with Gasteiger partial charge in [-0.15, -0.1) is 0 Å². The number of carbonyl (C=O) groups is 4. The van der Waals surface area contributed by atoms with Crippen molar-refractivity contribution in [1.82, 2.24) is 16.0 Å². The number of aryl methyl sites for hydroxylation is 1. The third-order valence-corrected chi connectivity index (χ3v) is 3.49. The van der Waals surface area contributed by atoms with Crippen molar-refractivity contribution in [3.63, 3.8) is 0 Å². The summed E-state index contributed by atoms with van der Waals surface area (Å²) < 4.78 is 9.53. The predicted octanol–water partition coefficient (Wildman–Crippen LogP) is 1.36. The van der Waals surface area contributed by atoms with Crippen LogP contribution < -0.4 is 16.2 Å². The first-order chi connectivity index (χ1) is 13.3. The fourth-order valence-corrected chi connectivity index (χ4v) is 2.03. The number of halogens is 1. The van der Waals surface area contributed by atoms with Gasteiger partial charge in [-0.05, 0) is 31.2 Å². The van der Waals surface area contributed by atoms with Crippen LogP contribution in [0.2, 0.25) is 5.02 Å². The Balaban J connectivity index is 1.62. The summed E-state index contributed by atoms with van der Waals surface area (Å²) in [6, 6.07) is 7.56. The van der Waals surface area contributed by atoms with E-state index in [1.54, 1.807) is 6.92 Å². The first kappa shape index (κ1) is 20.9. The van der Waals surface area contributed by atoms with Gasteiger partial charge in [-0.2, -0.15) is 0 Å². The van der Waals surface area contributed by atoms with Gasteiger partial charge in [0.1, 0.15) is 5.76 Å². The minimum atomic E-state index is -0.745. The highest BCUT2D eigenvalue weighted by Crippen LogP contribution is 2.09. The number of rotatable bonds is 7. The van der Waals surface area contributed by atoms with Crippen LogP contribution in [-0.4, -0.2) is 35.5 Å². The van der Waals surface area contributed by atoms with E-state index in [1.165, 1.54) is 30.3 Å². The maximum atomic E-state index is 11.8. The highest BCUT2D eigenvalue weighted by atomic mass is 35.5. The molecule has 0 unspecified atom stereocenters. The number of esters is 1. The average Bonchev–Trinajstić information content (AvgIpc) is 3.07. The summed E-state index contributed by atoms with van der Waals surface area (Å²) in [4.78, 5) is 46.7. The highest BCUT2D eigenvalue weighted by molar-refractivity contribution is 6.30. The van der Waals surface area contributed by atoms with E-state index in [2.05, 4.69) is 21.3 Å². The summed E-state index contributed by atoms with van der Waals surface area (Å²) in [7, 11) is 0. The molecule has 0 aliphatic carbocycles. The van der Waals surface area contributed by atoms with E-state index in [0.717, 1.165) is 0 Å². The van der Waals surface area contributed by atoms with Gasteiger partial charge < -0.3 is 14.6 Å². The standard InChI is InChI=1S/C17H17ClN4O6/c1-10-8-13(22-28-10)19-15(24)9-27-16(25)7-6-14(23)20-21-17(26)11-2-4-12(18)5-3-11/h2-5,8H,6-7,9H2,1H3,(H,20,23)(H,21,26)(H,19,22,24). The summed E-state index contributed by atoms with van der Waals surface area (Å²) in [5.74, 6) is -1.75. The molecule has 0 fully saturated rings. The van der Waals surface area contributed by atoms with Gasteiger partial charge in [-0.1, -0.05) is 16.8 Å². The normalized spacial score (nSPS) is 10.1. The quantitative estimate of drug-likeness (QED) is 0.464. The van der Waals surface area contributed by atoms with Crippen LogP contribution >= 0.6 is 11.6 Å². The van der Waals surface area contributed by atoms with Gasteiger partial charge in [-0.3, -0.25) is 30.0 Å². The minimum absolute atomic E-state index is 0.203. The number of amides is 3. The molecule has 1 aromatic heterocycles. The maximum Gasteiger partial charge on any atom is 0.306 e. The number of carbonyl (C=O) groups excluding carboxylic acids is 4. The fourth-order valence-electron chi connectivity index (χ4n) is 1.90. The lowest BCUT2D eigenvalue weighted by Crippen LogP contribution is -2.41. The van der Waals surface area contributed by atoms with E-state index >= 15 is 0 Å². The molecule has 3 amide bonds. The molecule has 2 aromatic rings. The molecule has 1 aromatic carbocycles. The lowest BCUT2D eigenvalue weighted by atomic mass is 10.2. The maximum absolute atomic E-state index is 11.8. The predicted molar refractivity (Wildman–Crippen MR) is 97.1 cm³/mol. The average molecular weight is 409 g/mol. The second-order valence-corrected chi connectivity index (χ2v) is 5.98.